The fourth-order valence-electron chi connectivity index (χ4n) is 4.23. The van der Waals surface area contributed by atoms with Crippen LogP contribution in [0.1, 0.15) is 25.4 Å². The highest BCUT2D eigenvalue weighted by Gasteiger charge is 2.37. The minimum Gasteiger partial charge on any atom is -0.378 e. The zero-order valence-corrected chi connectivity index (χ0v) is 21.6. The highest BCUT2D eigenvalue weighted by Crippen LogP contribution is 2.43. The Hall–Kier alpha value is -2.50. The van der Waals surface area contributed by atoms with Crippen molar-refractivity contribution in [1.29, 1.82) is 0 Å². The number of anilines is 1. The standard InChI is InChI=1S/C25H24IN3O4S/c1-17-5-7-21(8-6-17)34(31,32)29-16-23(26)22-14-20(15-27-24(22)29)18-3-2-4-19(13-18)25(30)28-9-11-33-12-10-28/h2-8,13-15,23H,9-12,16H2,1H3. The van der Waals surface area contributed by atoms with E-state index in [4.69, 9.17) is 4.74 Å². The van der Waals surface area contributed by atoms with Gasteiger partial charge in [0.2, 0.25) is 0 Å². The van der Waals surface area contributed by atoms with Crippen molar-refractivity contribution in [2.24, 2.45) is 0 Å². The van der Waals surface area contributed by atoms with Crippen LogP contribution in [0.5, 0.6) is 0 Å². The number of halogens is 1. The first-order chi connectivity index (χ1) is 16.3. The molecule has 2 aliphatic heterocycles. The van der Waals surface area contributed by atoms with Gasteiger partial charge in [-0.1, -0.05) is 52.4 Å². The van der Waals surface area contributed by atoms with E-state index in [1.165, 1.54) is 4.31 Å². The van der Waals surface area contributed by atoms with Crippen molar-refractivity contribution in [1.82, 2.24) is 9.88 Å². The average Bonchev–Trinajstić information content (AvgIpc) is 3.21. The Labute approximate surface area is 212 Å². The second kappa shape index (κ2) is 9.27. The molecule has 1 aromatic heterocycles. The number of morpholine rings is 1. The Kier molecular flexibility index (Phi) is 6.34. The number of carbonyl (C=O) groups excluding carboxylic acids is 1. The number of sulfonamides is 1. The second-order valence-electron chi connectivity index (χ2n) is 8.44. The molecule has 7 nitrogen and oxygen atoms in total. The molecule has 2 aliphatic rings. The SMILES string of the molecule is Cc1ccc(S(=O)(=O)N2CC(I)c3cc(-c4cccc(C(=O)N5CCOCC5)c4)cnc32)cc1. The molecule has 1 atom stereocenters. The van der Waals surface area contributed by atoms with Crippen LogP contribution in [0.15, 0.2) is 65.7 Å². The molecule has 5 rings (SSSR count). The van der Waals surface area contributed by atoms with E-state index in [2.05, 4.69) is 27.6 Å². The first kappa shape index (κ1) is 23.3. The highest BCUT2D eigenvalue weighted by atomic mass is 127. The summed E-state index contributed by atoms with van der Waals surface area (Å²) in [5, 5.41) is 0. The van der Waals surface area contributed by atoms with Crippen LogP contribution < -0.4 is 4.31 Å². The van der Waals surface area contributed by atoms with E-state index in [0.717, 1.165) is 22.3 Å². The molecule has 0 spiro atoms. The molecule has 34 heavy (non-hydrogen) atoms. The lowest BCUT2D eigenvalue weighted by atomic mass is 10.0. The van der Waals surface area contributed by atoms with Gasteiger partial charge < -0.3 is 9.64 Å². The van der Waals surface area contributed by atoms with Crippen molar-refractivity contribution in [2.45, 2.75) is 15.7 Å². The summed E-state index contributed by atoms with van der Waals surface area (Å²) < 4.78 is 33.3. The maximum Gasteiger partial charge on any atom is 0.265 e. The van der Waals surface area contributed by atoms with Crippen LogP contribution in [0.4, 0.5) is 5.82 Å². The monoisotopic (exact) mass is 589 g/mol. The Morgan fingerprint density at radius 1 is 1.06 bits per heavy atom. The van der Waals surface area contributed by atoms with Gasteiger partial charge in [-0.3, -0.25) is 4.79 Å². The van der Waals surface area contributed by atoms with Crippen LogP contribution in [0.2, 0.25) is 0 Å². The predicted molar refractivity (Wildman–Crippen MR) is 139 cm³/mol. The van der Waals surface area contributed by atoms with E-state index in [-0.39, 0.29) is 14.7 Å². The molecule has 0 radical (unpaired) electrons. The average molecular weight is 589 g/mol. The number of nitrogens with zero attached hydrogens (tertiary/aromatic N) is 3. The number of alkyl halides is 1. The van der Waals surface area contributed by atoms with Crippen molar-refractivity contribution >= 4 is 44.3 Å². The van der Waals surface area contributed by atoms with Crippen LogP contribution in [-0.2, 0) is 14.8 Å². The Balaban J connectivity index is 1.45. The van der Waals surface area contributed by atoms with Crippen LogP contribution >= 0.6 is 22.6 Å². The summed E-state index contributed by atoms with van der Waals surface area (Å²) in [6.45, 7) is 4.54. The van der Waals surface area contributed by atoms with Crippen LogP contribution in [0, 0.1) is 6.92 Å². The summed E-state index contributed by atoms with van der Waals surface area (Å²) in [6, 6.07) is 16.4. The number of amides is 1. The summed E-state index contributed by atoms with van der Waals surface area (Å²) in [5.74, 6) is 0.450. The molecule has 9 heteroatoms. The molecule has 3 aromatic rings. The number of rotatable bonds is 4. The van der Waals surface area contributed by atoms with Crippen LogP contribution in [0.3, 0.4) is 0 Å². The number of hydrogen-bond acceptors (Lipinski definition) is 5. The van der Waals surface area contributed by atoms with Gasteiger partial charge >= 0.3 is 0 Å². The van der Waals surface area contributed by atoms with Gasteiger partial charge in [0, 0.05) is 36.0 Å². The minimum atomic E-state index is -3.70. The van der Waals surface area contributed by atoms with Gasteiger partial charge in [-0.25, -0.2) is 17.7 Å². The molecular weight excluding hydrogens is 565 g/mol. The highest BCUT2D eigenvalue weighted by molar-refractivity contribution is 14.1. The normalized spacial score (nSPS) is 18.1. The third-order valence-corrected chi connectivity index (χ3v) is 8.98. The van der Waals surface area contributed by atoms with Gasteiger partial charge in [-0.15, -0.1) is 0 Å². The lowest BCUT2D eigenvalue weighted by Crippen LogP contribution is -2.40. The fourth-order valence-corrected chi connectivity index (χ4v) is 6.81. The van der Waals surface area contributed by atoms with Gasteiger partial charge in [0.15, 0.2) is 0 Å². The summed E-state index contributed by atoms with van der Waals surface area (Å²) in [6.07, 6.45) is 1.68. The summed E-state index contributed by atoms with van der Waals surface area (Å²) in [4.78, 5) is 19.5. The smallest absolute Gasteiger partial charge is 0.265 e. The van der Waals surface area contributed by atoms with Crippen molar-refractivity contribution in [3.05, 3.63) is 77.5 Å². The molecule has 0 bridgehead atoms. The predicted octanol–water partition coefficient (Wildman–Crippen LogP) is 4.21. The summed E-state index contributed by atoms with van der Waals surface area (Å²) >= 11 is 2.27. The quantitative estimate of drug-likeness (QED) is 0.337. The molecular formula is C25H24IN3O4S. The first-order valence-corrected chi connectivity index (χ1v) is 13.7. The van der Waals surface area contributed by atoms with Gasteiger partial charge in [0.1, 0.15) is 5.82 Å². The Morgan fingerprint density at radius 2 is 1.79 bits per heavy atom. The van der Waals surface area contributed by atoms with E-state index < -0.39 is 10.0 Å². The van der Waals surface area contributed by atoms with Gasteiger partial charge in [-0.05, 0) is 42.8 Å². The fraction of sp³-hybridized carbons (Fsp3) is 0.280. The van der Waals surface area contributed by atoms with E-state index >= 15 is 0 Å². The van der Waals surface area contributed by atoms with Gasteiger partial charge in [-0.2, -0.15) is 0 Å². The lowest BCUT2D eigenvalue weighted by molar-refractivity contribution is 0.0303. The minimum absolute atomic E-state index is 0.0126. The number of fused-ring (bicyclic) bond motifs is 1. The Morgan fingerprint density at radius 3 is 2.53 bits per heavy atom. The molecule has 1 fully saturated rings. The van der Waals surface area contributed by atoms with Crippen LogP contribution in [-0.4, -0.2) is 57.1 Å². The Bertz CT molecular complexity index is 1340. The topological polar surface area (TPSA) is 79.8 Å². The summed E-state index contributed by atoms with van der Waals surface area (Å²) in [5.41, 5.74) is 4.22. The van der Waals surface area contributed by atoms with E-state index in [1.54, 1.807) is 35.4 Å². The molecule has 176 valence electrons. The number of pyridine rings is 1. The largest absolute Gasteiger partial charge is 0.378 e. The van der Waals surface area contributed by atoms with Gasteiger partial charge in [0.05, 0.1) is 28.6 Å². The van der Waals surface area contributed by atoms with Crippen molar-refractivity contribution in [3.8, 4) is 11.1 Å². The van der Waals surface area contributed by atoms with Crippen molar-refractivity contribution < 1.29 is 17.9 Å². The molecule has 2 aromatic carbocycles. The molecule has 1 amide bonds. The molecule has 0 aliphatic carbocycles. The molecule has 1 saturated heterocycles. The number of ether oxygens (including phenoxy) is 1. The van der Waals surface area contributed by atoms with Gasteiger partial charge in [0.25, 0.3) is 15.9 Å². The van der Waals surface area contributed by atoms with E-state index in [9.17, 15) is 13.2 Å². The zero-order valence-electron chi connectivity index (χ0n) is 18.6. The zero-order chi connectivity index (χ0) is 23.9. The van der Waals surface area contributed by atoms with Crippen LogP contribution in [0.25, 0.3) is 11.1 Å². The molecule has 1 unspecified atom stereocenters. The van der Waals surface area contributed by atoms with E-state index in [1.807, 2.05) is 37.3 Å². The maximum absolute atomic E-state index is 13.3. The lowest BCUT2D eigenvalue weighted by Gasteiger charge is -2.27. The molecule has 3 heterocycles. The number of carbonyl (C=O) groups is 1. The third kappa shape index (κ3) is 4.32. The third-order valence-electron chi connectivity index (χ3n) is 6.15. The first-order valence-electron chi connectivity index (χ1n) is 11.1. The molecule has 0 N–H and O–H groups in total. The summed E-state index contributed by atoms with van der Waals surface area (Å²) in [7, 11) is -3.70. The number of hydrogen-bond donors (Lipinski definition) is 0. The second-order valence-corrected chi connectivity index (χ2v) is 11.8. The van der Waals surface area contributed by atoms with E-state index in [0.29, 0.717) is 44.2 Å². The molecule has 0 saturated carbocycles. The maximum atomic E-state index is 13.3. The number of aryl methyl sites for hydroxylation is 1. The van der Waals surface area contributed by atoms with Crippen molar-refractivity contribution in [3.63, 3.8) is 0 Å². The van der Waals surface area contributed by atoms with Crippen molar-refractivity contribution in [2.75, 3.05) is 37.2 Å². The number of benzene rings is 2. The number of aromatic nitrogens is 1.